The van der Waals surface area contributed by atoms with Crippen LogP contribution >= 0.6 is 0 Å². The molecule has 4 nitrogen and oxygen atoms in total. The molecule has 4 heteroatoms. The molecule has 0 aliphatic heterocycles. The summed E-state index contributed by atoms with van der Waals surface area (Å²) in [7, 11) is 0. The van der Waals surface area contributed by atoms with Crippen molar-refractivity contribution in [3.05, 3.63) is 12.2 Å². The first kappa shape index (κ1) is 64.1. The lowest BCUT2D eigenvalue weighted by Gasteiger charge is -2.22. The first-order valence-corrected chi connectivity index (χ1v) is 30.4. The van der Waals surface area contributed by atoms with Crippen molar-refractivity contribution in [2.75, 3.05) is 6.61 Å². The van der Waals surface area contributed by atoms with Crippen molar-refractivity contribution in [1.82, 2.24) is 5.32 Å². The smallest absolute Gasteiger partial charge is 0.220 e. The van der Waals surface area contributed by atoms with Crippen molar-refractivity contribution in [1.29, 1.82) is 0 Å². The Bertz CT molecular complexity index is 905. The molecule has 0 saturated carbocycles. The van der Waals surface area contributed by atoms with E-state index in [2.05, 4.69) is 31.3 Å². The highest BCUT2D eigenvalue weighted by molar-refractivity contribution is 5.76. The maximum atomic E-state index is 12.5. The van der Waals surface area contributed by atoms with Crippen molar-refractivity contribution in [2.24, 2.45) is 0 Å². The summed E-state index contributed by atoms with van der Waals surface area (Å²) in [5, 5.41) is 23.4. The number of rotatable bonds is 57. The lowest BCUT2D eigenvalue weighted by atomic mass is 10.0. The first-order valence-electron chi connectivity index (χ1n) is 30.4. The summed E-state index contributed by atoms with van der Waals surface area (Å²) in [5.41, 5.74) is 0. The van der Waals surface area contributed by atoms with Crippen LogP contribution in [-0.2, 0) is 4.79 Å². The van der Waals surface area contributed by atoms with E-state index in [9.17, 15) is 15.0 Å². The molecule has 0 aliphatic rings. The van der Waals surface area contributed by atoms with Gasteiger partial charge in [-0.1, -0.05) is 321 Å². The molecular formula is C61H121NO3. The number of nitrogens with one attached hydrogen (secondary N) is 1. The van der Waals surface area contributed by atoms with E-state index >= 15 is 0 Å². The van der Waals surface area contributed by atoms with Crippen LogP contribution < -0.4 is 5.32 Å². The van der Waals surface area contributed by atoms with Gasteiger partial charge in [-0.25, -0.2) is 0 Å². The van der Waals surface area contributed by atoms with Crippen molar-refractivity contribution < 1.29 is 15.0 Å². The molecule has 0 spiro atoms. The van der Waals surface area contributed by atoms with Crippen LogP contribution in [-0.4, -0.2) is 34.9 Å². The predicted octanol–water partition coefficient (Wildman–Crippen LogP) is 20.1. The van der Waals surface area contributed by atoms with E-state index in [1.54, 1.807) is 0 Å². The van der Waals surface area contributed by atoms with E-state index in [1.807, 2.05) is 0 Å². The number of aliphatic hydroxyl groups excluding tert-OH is 2. The summed E-state index contributed by atoms with van der Waals surface area (Å²) in [6.45, 7) is 4.40. The molecule has 0 fully saturated rings. The third-order valence-corrected chi connectivity index (χ3v) is 14.5. The number of amides is 1. The maximum Gasteiger partial charge on any atom is 0.220 e. The van der Waals surface area contributed by atoms with Gasteiger partial charge in [0.25, 0.3) is 0 Å². The molecule has 0 aromatic rings. The lowest BCUT2D eigenvalue weighted by molar-refractivity contribution is -0.123. The van der Waals surface area contributed by atoms with E-state index < -0.39 is 12.1 Å². The molecule has 65 heavy (non-hydrogen) atoms. The van der Waals surface area contributed by atoms with Crippen LogP contribution in [0.5, 0.6) is 0 Å². The van der Waals surface area contributed by atoms with Gasteiger partial charge in [0.2, 0.25) is 5.91 Å². The Balaban J connectivity index is 3.39. The lowest BCUT2D eigenvalue weighted by Crippen LogP contribution is -2.45. The fourth-order valence-electron chi connectivity index (χ4n) is 9.89. The van der Waals surface area contributed by atoms with Gasteiger partial charge in [-0.2, -0.15) is 0 Å². The van der Waals surface area contributed by atoms with E-state index in [0.717, 1.165) is 25.7 Å². The number of unbranched alkanes of at least 4 members (excludes halogenated alkanes) is 48. The number of allylic oxidation sites excluding steroid dienone is 2. The SMILES string of the molecule is CCCCCCCCCCCCCC/C=C\CCCCCCCCCCCCCCCCCCCC(=O)NC(CO)C(O)CCCCCCCCCCCCCCCCCCCCCC. The number of carbonyl (C=O) groups excluding carboxylic acids is 1. The third-order valence-electron chi connectivity index (χ3n) is 14.5. The molecule has 0 saturated heterocycles. The van der Waals surface area contributed by atoms with E-state index in [4.69, 9.17) is 0 Å². The fraction of sp³-hybridized carbons (Fsp3) is 0.951. The summed E-state index contributed by atoms with van der Waals surface area (Å²) in [6.07, 6.45) is 75.1. The summed E-state index contributed by atoms with van der Waals surface area (Å²) in [4.78, 5) is 12.5. The molecule has 0 radical (unpaired) electrons. The second-order valence-electron chi connectivity index (χ2n) is 21.1. The second kappa shape index (κ2) is 57.4. The zero-order valence-corrected chi connectivity index (χ0v) is 44.8. The highest BCUT2D eigenvalue weighted by atomic mass is 16.3. The van der Waals surface area contributed by atoms with Gasteiger partial charge in [-0.05, 0) is 38.5 Å². The molecule has 3 N–H and O–H groups in total. The molecular weight excluding hydrogens is 795 g/mol. The van der Waals surface area contributed by atoms with Gasteiger partial charge in [-0.3, -0.25) is 4.79 Å². The van der Waals surface area contributed by atoms with Crippen molar-refractivity contribution in [3.63, 3.8) is 0 Å². The highest BCUT2D eigenvalue weighted by Crippen LogP contribution is 2.18. The molecule has 2 atom stereocenters. The third kappa shape index (κ3) is 53.9. The number of aliphatic hydroxyl groups is 2. The minimum absolute atomic E-state index is 0.0232. The Morgan fingerprint density at radius 2 is 0.585 bits per heavy atom. The van der Waals surface area contributed by atoms with Crippen LogP contribution in [0.1, 0.15) is 354 Å². The Kier molecular flexibility index (Phi) is 56.7. The summed E-state index contributed by atoms with van der Waals surface area (Å²) < 4.78 is 0. The van der Waals surface area contributed by atoms with E-state index in [-0.39, 0.29) is 12.5 Å². The summed E-state index contributed by atoms with van der Waals surface area (Å²) >= 11 is 0. The first-order chi connectivity index (χ1) is 32.2. The quantitative estimate of drug-likeness (QED) is 0.0421. The molecule has 2 unspecified atom stereocenters. The Morgan fingerprint density at radius 1 is 0.354 bits per heavy atom. The highest BCUT2D eigenvalue weighted by Gasteiger charge is 2.20. The number of carbonyl (C=O) groups is 1. The predicted molar refractivity (Wildman–Crippen MR) is 290 cm³/mol. The Morgan fingerprint density at radius 3 is 0.846 bits per heavy atom. The Hall–Kier alpha value is -0.870. The molecule has 1 amide bonds. The van der Waals surface area contributed by atoms with Crippen molar-refractivity contribution in [3.8, 4) is 0 Å². The topological polar surface area (TPSA) is 69.6 Å². The molecule has 388 valence electrons. The number of hydrogen-bond donors (Lipinski definition) is 3. The van der Waals surface area contributed by atoms with E-state index in [1.165, 1.54) is 302 Å². The average Bonchev–Trinajstić information content (AvgIpc) is 3.31. The largest absolute Gasteiger partial charge is 0.394 e. The van der Waals surface area contributed by atoms with Crippen LogP contribution in [0.15, 0.2) is 12.2 Å². The van der Waals surface area contributed by atoms with Crippen LogP contribution in [0.3, 0.4) is 0 Å². The monoisotopic (exact) mass is 916 g/mol. The molecule has 0 rings (SSSR count). The molecule has 0 heterocycles. The van der Waals surface area contributed by atoms with Gasteiger partial charge in [0, 0.05) is 6.42 Å². The van der Waals surface area contributed by atoms with Gasteiger partial charge in [0.1, 0.15) is 0 Å². The van der Waals surface area contributed by atoms with Crippen molar-refractivity contribution >= 4 is 5.91 Å². The minimum atomic E-state index is -0.657. The number of hydrogen-bond acceptors (Lipinski definition) is 3. The van der Waals surface area contributed by atoms with Gasteiger partial charge >= 0.3 is 0 Å². The van der Waals surface area contributed by atoms with Crippen molar-refractivity contribution in [2.45, 2.75) is 366 Å². The zero-order valence-electron chi connectivity index (χ0n) is 44.8. The van der Waals surface area contributed by atoms with Gasteiger partial charge in [0.15, 0.2) is 0 Å². The van der Waals surface area contributed by atoms with Crippen LogP contribution in [0, 0.1) is 0 Å². The van der Waals surface area contributed by atoms with Crippen LogP contribution in [0.25, 0.3) is 0 Å². The van der Waals surface area contributed by atoms with E-state index in [0.29, 0.717) is 12.8 Å². The molecule has 0 aliphatic carbocycles. The molecule has 0 aromatic heterocycles. The van der Waals surface area contributed by atoms with Crippen LogP contribution in [0.4, 0.5) is 0 Å². The minimum Gasteiger partial charge on any atom is -0.394 e. The summed E-state index contributed by atoms with van der Waals surface area (Å²) in [6, 6.07) is -0.533. The van der Waals surface area contributed by atoms with Gasteiger partial charge in [-0.15, -0.1) is 0 Å². The normalized spacial score (nSPS) is 12.7. The Labute approximate surface area is 409 Å². The summed E-state index contributed by atoms with van der Waals surface area (Å²) in [5.74, 6) is -0.0232. The van der Waals surface area contributed by atoms with Gasteiger partial charge < -0.3 is 15.5 Å². The standard InChI is InChI=1S/C61H121NO3/c1-3-5-7-9-11-13-15-17-19-21-23-25-26-27-28-29-30-31-32-33-34-35-36-37-39-41-43-45-47-49-51-53-55-57-61(65)62-59(58-63)60(64)56-54-52-50-48-46-44-42-40-38-24-22-20-18-16-14-12-10-8-6-4-2/h27-28,59-60,63-64H,3-26,29-58H2,1-2H3,(H,62,65)/b28-27-. The zero-order chi connectivity index (χ0) is 47.0. The second-order valence-corrected chi connectivity index (χ2v) is 21.1. The maximum absolute atomic E-state index is 12.5. The average molecular weight is 917 g/mol. The van der Waals surface area contributed by atoms with Crippen LogP contribution in [0.2, 0.25) is 0 Å². The molecule has 0 bridgehead atoms. The van der Waals surface area contributed by atoms with Gasteiger partial charge in [0.05, 0.1) is 18.8 Å². The fourth-order valence-corrected chi connectivity index (χ4v) is 9.89. The molecule has 0 aromatic carbocycles.